The molecule has 0 aliphatic rings. The van der Waals surface area contributed by atoms with Crippen LogP contribution in [0.2, 0.25) is 5.02 Å². The molecule has 0 radical (unpaired) electrons. The quantitative estimate of drug-likeness (QED) is 0.672. The van der Waals surface area contributed by atoms with Crippen LogP contribution >= 0.6 is 11.6 Å². The predicted octanol–water partition coefficient (Wildman–Crippen LogP) is 2.47. The lowest BCUT2D eigenvalue weighted by atomic mass is 9.91. The summed E-state index contributed by atoms with van der Waals surface area (Å²) in [5.74, 6) is -1.07. The summed E-state index contributed by atoms with van der Waals surface area (Å²) in [6.45, 7) is 0. The second kappa shape index (κ2) is 6.90. The minimum Gasteiger partial charge on any atom is -0.370 e. The van der Waals surface area contributed by atoms with E-state index in [9.17, 15) is 4.79 Å². The highest BCUT2D eigenvalue weighted by Gasteiger charge is 2.21. The zero-order valence-corrected chi connectivity index (χ0v) is 12.1. The van der Waals surface area contributed by atoms with Crippen LogP contribution in [0.3, 0.4) is 0 Å². The van der Waals surface area contributed by atoms with E-state index < -0.39 is 5.92 Å². The summed E-state index contributed by atoms with van der Waals surface area (Å²) < 4.78 is 0. The molecular formula is C16H16ClN3O. The molecule has 0 aliphatic heterocycles. The number of carbonyl (C=O) groups is 1. The molecule has 0 saturated carbocycles. The Morgan fingerprint density at radius 2 is 1.81 bits per heavy atom. The van der Waals surface area contributed by atoms with Crippen molar-refractivity contribution in [1.82, 2.24) is 0 Å². The van der Waals surface area contributed by atoms with Gasteiger partial charge in [-0.25, -0.2) is 0 Å². The highest BCUT2D eigenvalue weighted by atomic mass is 35.5. The zero-order valence-electron chi connectivity index (χ0n) is 11.4. The van der Waals surface area contributed by atoms with Gasteiger partial charge in [-0.05, 0) is 29.7 Å². The van der Waals surface area contributed by atoms with Gasteiger partial charge >= 0.3 is 0 Å². The maximum absolute atomic E-state index is 12.3. The largest absolute Gasteiger partial charge is 0.370 e. The van der Waals surface area contributed by atoms with Crippen LogP contribution < -0.4 is 11.5 Å². The predicted molar refractivity (Wildman–Crippen MR) is 85.2 cm³/mol. The molecule has 0 saturated heterocycles. The number of nitrogens with zero attached hydrogens (tertiary/aromatic N) is 1. The highest BCUT2D eigenvalue weighted by molar-refractivity contribution is 6.30. The Hall–Kier alpha value is -2.33. The summed E-state index contributed by atoms with van der Waals surface area (Å²) in [6.07, 6.45) is 0.511. The molecule has 108 valence electrons. The van der Waals surface area contributed by atoms with E-state index in [1.165, 1.54) is 0 Å². The van der Waals surface area contributed by atoms with E-state index in [-0.39, 0.29) is 11.9 Å². The van der Waals surface area contributed by atoms with Crippen molar-refractivity contribution in [3.05, 3.63) is 70.7 Å². The first-order chi connectivity index (χ1) is 10.1. The minimum absolute atomic E-state index is 0.236. The molecule has 1 atom stereocenters. The van der Waals surface area contributed by atoms with Crippen LogP contribution in [0.1, 0.15) is 17.0 Å². The van der Waals surface area contributed by atoms with Gasteiger partial charge in [0.25, 0.3) is 5.91 Å². The fourth-order valence-corrected chi connectivity index (χ4v) is 2.32. The number of aliphatic imine (C=N–C) groups is 1. The lowest BCUT2D eigenvalue weighted by Crippen LogP contribution is -2.26. The van der Waals surface area contributed by atoms with Gasteiger partial charge in [0.2, 0.25) is 0 Å². The van der Waals surface area contributed by atoms with Crippen LogP contribution in [0.25, 0.3) is 0 Å². The SMILES string of the molecule is NC(N)=NC(=O)[C@H](Cc1ccccc1)c1cccc(Cl)c1. The molecule has 0 fully saturated rings. The second-order valence-corrected chi connectivity index (χ2v) is 5.11. The number of nitrogens with two attached hydrogens (primary N) is 2. The van der Waals surface area contributed by atoms with Gasteiger partial charge in [0.15, 0.2) is 5.96 Å². The van der Waals surface area contributed by atoms with Crippen LogP contribution in [-0.2, 0) is 11.2 Å². The molecule has 0 bridgehead atoms. The van der Waals surface area contributed by atoms with Crippen molar-refractivity contribution >= 4 is 23.5 Å². The number of guanidine groups is 1. The average Bonchev–Trinajstić information content (AvgIpc) is 2.45. The fourth-order valence-electron chi connectivity index (χ4n) is 2.13. The molecule has 5 heteroatoms. The first kappa shape index (κ1) is 15.1. The molecule has 4 nitrogen and oxygen atoms in total. The van der Waals surface area contributed by atoms with Crippen molar-refractivity contribution in [2.75, 3.05) is 0 Å². The van der Waals surface area contributed by atoms with Gasteiger partial charge in [0.1, 0.15) is 0 Å². The van der Waals surface area contributed by atoms with E-state index in [1.54, 1.807) is 18.2 Å². The molecule has 0 unspecified atom stereocenters. The van der Waals surface area contributed by atoms with Crippen molar-refractivity contribution < 1.29 is 4.79 Å². The summed E-state index contributed by atoms with van der Waals surface area (Å²) >= 11 is 6.01. The van der Waals surface area contributed by atoms with Crippen LogP contribution in [0, 0.1) is 0 Å². The van der Waals surface area contributed by atoms with Crippen molar-refractivity contribution in [2.45, 2.75) is 12.3 Å². The summed E-state index contributed by atoms with van der Waals surface area (Å²) in [6, 6.07) is 16.9. The minimum atomic E-state index is -0.465. The third-order valence-electron chi connectivity index (χ3n) is 3.07. The first-order valence-corrected chi connectivity index (χ1v) is 6.87. The zero-order chi connectivity index (χ0) is 15.2. The number of amides is 1. The van der Waals surface area contributed by atoms with E-state index in [0.29, 0.717) is 11.4 Å². The fraction of sp³-hybridized carbons (Fsp3) is 0.125. The smallest absolute Gasteiger partial charge is 0.256 e. The second-order valence-electron chi connectivity index (χ2n) is 4.67. The van der Waals surface area contributed by atoms with Gasteiger partial charge in [-0.15, -0.1) is 0 Å². The number of hydrogen-bond donors (Lipinski definition) is 2. The van der Waals surface area contributed by atoms with Gasteiger partial charge in [-0.3, -0.25) is 4.79 Å². The highest BCUT2D eigenvalue weighted by Crippen LogP contribution is 2.25. The van der Waals surface area contributed by atoms with Crippen molar-refractivity contribution in [3.63, 3.8) is 0 Å². The van der Waals surface area contributed by atoms with Crippen molar-refractivity contribution in [2.24, 2.45) is 16.5 Å². The molecule has 4 N–H and O–H groups in total. The molecule has 0 aliphatic carbocycles. The number of benzene rings is 2. The molecule has 0 heterocycles. The van der Waals surface area contributed by atoms with E-state index in [4.69, 9.17) is 23.1 Å². The summed E-state index contributed by atoms with van der Waals surface area (Å²) in [5, 5.41) is 0.572. The molecule has 2 aromatic carbocycles. The van der Waals surface area contributed by atoms with Crippen molar-refractivity contribution in [3.8, 4) is 0 Å². The maximum atomic E-state index is 12.3. The molecule has 2 rings (SSSR count). The maximum Gasteiger partial charge on any atom is 0.256 e. The number of halogens is 1. The lowest BCUT2D eigenvalue weighted by molar-refractivity contribution is -0.119. The topological polar surface area (TPSA) is 81.5 Å². The van der Waals surface area contributed by atoms with Crippen LogP contribution in [0.4, 0.5) is 0 Å². The van der Waals surface area contributed by atoms with Crippen LogP contribution in [0.15, 0.2) is 59.6 Å². The lowest BCUT2D eigenvalue weighted by Gasteiger charge is -2.14. The molecule has 2 aromatic rings. The molecule has 0 spiro atoms. The summed E-state index contributed by atoms with van der Waals surface area (Å²) in [4.78, 5) is 15.9. The van der Waals surface area contributed by atoms with Gasteiger partial charge < -0.3 is 11.5 Å². The number of carbonyl (C=O) groups excluding carboxylic acids is 1. The Labute approximate surface area is 128 Å². The van der Waals surface area contributed by atoms with E-state index in [0.717, 1.165) is 11.1 Å². The molecule has 1 amide bonds. The van der Waals surface area contributed by atoms with Crippen LogP contribution in [-0.4, -0.2) is 11.9 Å². The number of rotatable bonds is 4. The monoisotopic (exact) mass is 301 g/mol. The van der Waals surface area contributed by atoms with E-state index in [2.05, 4.69) is 4.99 Å². The third-order valence-corrected chi connectivity index (χ3v) is 3.31. The normalized spacial score (nSPS) is 11.7. The molecular weight excluding hydrogens is 286 g/mol. The Kier molecular flexibility index (Phi) is 4.95. The summed E-state index contributed by atoms with van der Waals surface area (Å²) in [7, 11) is 0. The Bertz CT molecular complexity index is 652. The first-order valence-electron chi connectivity index (χ1n) is 6.49. The van der Waals surface area contributed by atoms with Gasteiger partial charge in [-0.1, -0.05) is 54.1 Å². The molecule has 21 heavy (non-hydrogen) atoms. The van der Waals surface area contributed by atoms with Gasteiger partial charge in [0, 0.05) is 5.02 Å². The van der Waals surface area contributed by atoms with Crippen LogP contribution in [0.5, 0.6) is 0 Å². The standard InChI is InChI=1S/C16H16ClN3O/c17-13-8-4-7-12(10-13)14(15(21)20-16(18)19)9-11-5-2-1-3-6-11/h1-8,10,14H,9H2,(H4,18,19,20,21)/t14-/m1/s1. The molecule has 0 aromatic heterocycles. The Morgan fingerprint density at radius 1 is 1.10 bits per heavy atom. The summed E-state index contributed by atoms with van der Waals surface area (Å²) in [5.41, 5.74) is 12.4. The van der Waals surface area contributed by atoms with E-state index >= 15 is 0 Å². The average molecular weight is 302 g/mol. The van der Waals surface area contributed by atoms with Crippen molar-refractivity contribution in [1.29, 1.82) is 0 Å². The Morgan fingerprint density at radius 3 is 2.43 bits per heavy atom. The van der Waals surface area contributed by atoms with Gasteiger partial charge in [0.05, 0.1) is 5.92 Å². The van der Waals surface area contributed by atoms with Gasteiger partial charge in [-0.2, -0.15) is 4.99 Å². The van der Waals surface area contributed by atoms with E-state index in [1.807, 2.05) is 36.4 Å². The number of hydrogen-bond acceptors (Lipinski definition) is 1. The Balaban J connectivity index is 2.35. The third kappa shape index (κ3) is 4.33.